The lowest BCUT2D eigenvalue weighted by Gasteiger charge is -2.29. The van der Waals surface area contributed by atoms with E-state index in [1.54, 1.807) is 0 Å². The first-order valence-corrected chi connectivity index (χ1v) is 7.78. The highest BCUT2D eigenvalue weighted by Gasteiger charge is 2.12. The zero-order valence-electron chi connectivity index (χ0n) is 11.2. The summed E-state index contributed by atoms with van der Waals surface area (Å²) in [4.78, 5) is 2.57. The predicted octanol–water partition coefficient (Wildman–Crippen LogP) is 3.94. The Bertz CT molecular complexity index is 371. The molecule has 0 bridgehead atoms. The van der Waals surface area contributed by atoms with Gasteiger partial charge < -0.3 is 10.2 Å². The summed E-state index contributed by atoms with van der Waals surface area (Å²) < 4.78 is 1.17. The molecule has 0 unspecified atom stereocenters. The maximum absolute atomic E-state index is 3.57. The molecule has 2 rings (SSSR count). The van der Waals surface area contributed by atoms with Crippen LogP contribution < -0.4 is 10.2 Å². The lowest BCUT2D eigenvalue weighted by atomic mass is 10.1. The zero-order valence-corrected chi connectivity index (χ0v) is 12.8. The van der Waals surface area contributed by atoms with Gasteiger partial charge in [0.05, 0.1) is 0 Å². The Labute approximate surface area is 119 Å². The van der Waals surface area contributed by atoms with E-state index in [2.05, 4.69) is 44.3 Å². The monoisotopic (exact) mass is 310 g/mol. The minimum atomic E-state index is 0.936. The molecule has 1 aliphatic rings. The summed E-state index contributed by atoms with van der Waals surface area (Å²) in [5, 5.41) is 3.27. The van der Waals surface area contributed by atoms with Crippen LogP contribution in [0.15, 0.2) is 22.7 Å². The fourth-order valence-corrected chi connectivity index (χ4v) is 3.09. The molecule has 0 amide bonds. The molecule has 1 aromatic carbocycles. The van der Waals surface area contributed by atoms with Gasteiger partial charge in [-0.2, -0.15) is 0 Å². The summed E-state index contributed by atoms with van der Waals surface area (Å²) in [5.41, 5.74) is 2.81. The van der Waals surface area contributed by atoms with Gasteiger partial charge in [-0.25, -0.2) is 0 Å². The lowest BCUT2D eigenvalue weighted by Crippen LogP contribution is -2.28. The molecule has 0 aliphatic carbocycles. The van der Waals surface area contributed by atoms with Crippen LogP contribution in [0, 0.1) is 0 Å². The van der Waals surface area contributed by atoms with Crippen LogP contribution in [0.5, 0.6) is 0 Å². The maximum atomic E-state index is 3.57. The second kappa shape index (κ2) is 7.15. The number of nitrogens with zero attached hydrogens (tertiary/aromatic N) is 1. The number of rotatable bonds is 3. The highest BCUT2D eigenvalue weighted by atomic mass is 79.9. The van der Waals surface area contributed by atoms with Crippen LogP contribution in [0.25, 0.3) is 0 Å². The first-order valence-electron chi connectivity index (χ1n) is 6.99. The standard InChI is InChI=1S/C15H23BrN2/c1-17-12-13-11-14(16)7-8-15(13)18-9-5-3-2-4-6-10-18/h7-8,11,17H,2-6,9-10,12H2,1H3. The summed E-state index contributed by atoms with van der Waals surface area (Å²) in [5.74, 6) is 0. The first kappa shape index (κ1) is 13.9. The average molecular weight is 311 g/mol. The van der Waals surface area contributed by atoms with Gasteiger partial charge in [0.15, 0.2) is 0 Å². The molecule has 0 atom stereocenters. The highest BCUT2D eigenvalue weighted by molar-refractivity contribution is 9.10. The molecule has 1 heterocycles. The van der Waals surface area contributed by atoms with E-state index in [1.807, 2.05) is 7.05 Å². The van der Waals surface area contributed by atoms with E-state index >= 15 is 0 Å². The molecule has 1 aliphatic heterocycles. The van der Waals surface area contributed by atoms with Crippen LogP contribution >= 0.6 is 15.9 Å². The molecule has 0 radical (unpaired) electrons. The van der Waals surface area contributed by atoms with Gasteiger partial charge in [0, 0.05) is 29.8 Å². The van der Waals surface area contributed by atoms with Crippen LogP contribution in [0.4, 0.5) is 5.69 Å². The van der Waals surface area contributed by atoms with E-state index in [0.29, 0.717) is 0 Å². The first-order chi connectivity index (χ1) is 8.81. The quantitative estimate of drug-likeness (QED) is 0.909. The fraction of sp³-hybridized carbons (Fsp3) is 0.600. The summed E-state index contributed by atoms with van der Waals surface area (Å²) >= 11 is 3.57. The van der Waals surface area contributed by atoms with Gasteiger partial charge >= 0.3 is 0 Å². The molecular weight excluding hydrogens is 288 g/mol. The SMILES string of the molecule is CNCc1cc(Br)ccc1N1CCCCCCC1. The van der Waals surface area contributed by atoms with Crippen LogP contribution in [0.3, 0.4) is 0 Å². The van der Waals surface area contributed by atoms with E-state index in [-0.39, 0.29) is 0 Å². The van der Waals surface area contributed by atoms with Gasteiger partial charge in [-0.05, 0) is 43.7 Å². The molecule has 0 spiro atoms. The number of halogens is 1. The number of benzene rings is 1. The summed E-state index contributed by atoms with van der Waals surface area (Å²) in [6.45, 7) is 3.35. The van der Waals surface area contributed by atoms with Gasteiger partial charge in [0.2, 0.25) is 0 Å². The van der Waals surface area contributed by atoms with Crippen molar-refractivity contribution in [3.8, 4) is 0 Å². The Balaban J connectivity index is 2.18. The molecule has 18 heavy (non-hydrogen) atoms. The second-order valence-corrected chi connectivity index (χ2v) is 5.97. The van der Waals surface area contributed by atoms with Crippen LogP contribution in [-0.4, -0.2) is 20.1 Å². The Morgan fingerprint density at radius 3 is 2.44 bits per heavy atom. The van der Waals surface area contributed by atoms with Gasteiger partial charge in [-0.15, -0.1) is 0 Å². The van der Waals surface area contributed by atoms with Crippen molar-refractivity contribution >= 4 is 21.6 Å². The third-order valence-electron chi connectivity index (χ3n) is 3.61. The third-order valence-corrected chi connectivity index (χ3v) is 4.10. The van der Waals surface area contributed by atoms with Gasteiger partial charge in [-0.3, -0.25) is 0 Å². The van der Waals surface area contributed by atoms with E-state index < -0.39 is 0 Å². The minimum absolute atomic E-state index is 0.936. The number of anilines is 1. The van der Waals surface area contributed by atoms with E-state index in [4.69, 9.17) is 0 Å². The van der Waals surface area contributed by atoms with Crippen molar-refractivity contribution in [2.24, 2.45) is 0 Å². The Morgan fingerprint density at radius 1 is 1.11 bits per heavy atom. The van der Waals surface area contributed by atoms with Crippen molar-refractivity contribution in [1.82, 2.24) is 5.32 Å². The van der Waals surface area contributed by atoms with Crippen molar-refractivity contribution in [3.63, 3.8) is 0 Å². The Morgan fingerprint density at radius 2 is 1.78 bits per heavy atom. The van der Waals surface area contributed by atoms with Gasteiger partial charge in [0.1, 0.15) is 0 Å². The topological polar surface area (TPSA) is 15.3 Å². The van der Waals surface area contributed by atoms with Crippen LogP contribution in [0.2, 0.25) is 0 Å². The van der Waals surface area contributed by atoms with E-state index in [9.17, 15) is 0 Å². The molecular formula is C15H23BrN2. The third kappa shape index (κ3) is 3.72. The molecule has 1 aromatic rings. The fourth-order valence-electron chi connectivity index (χ4n) is 2.68. The predicted molar refractivity (Wildman–Crippen MR) is 82.2 cm³/mol. The van der Waals surface area contributed by atoms with Crippen molar-refractivity contribution in [2.45, 2.75) is 38.6 Å². The molecule has 2 nitrogen and oxygen atoms in total. The molecule has 1 fully saturated rings. The van der Waals surface area contributed by atoms with Crippen molar-refractivity contribution in [3.05, 3.63) is 28.2 Å². The van der Waals surface area contributed by atoms with Crippen LogP contribution in [-0.2, 0) is 6.54 Å². The average Bonchev–Trinajstić information content (AvgIpc) is 2.30. The Kier molecular flexibility index (Phi) is 5.51. The molecule has 0 aromatic heterocycles. The summed E-state index contributed by atoms with van der Waals surface area (Å²) in [6, 6.07) is 6.66. The molecule has 1 saturated heterocycles. The van der Waals surface area contributed by atoms with E-state index in [0.717, 1.165) is 6.54 Å². The Hall–Kier alpha value is -0.540. The van der Waals surface area contributed by atoms with Crippen molar-refractivity contribution in [2.75, 3.05) is 25.0 Å². The van der Waals surface area contributed by atoms with Crippen LogP contribution in [0.1, 0.15) is 37.7 Å². The van der Waals surface area contributed by atoms with Crippen molar-refractivity contribution in [1.29, 1.82) is 0 Å². The highest BCUT2D eigenvalue weighted by Crippen LogP contribution is 2.26. The molecule has 100 valence electrons. The normalized spacial score (nSPS) is 17.3. The second-order valence-electron chi connectivity index (χ2n) is 5.06. The molecule has 1 N–H and O–H groups in total. The minimum Gasteiger partial charge on any atom is -0.371 e. The summed E-state index contributed by atoms with van der Waals surface area (Å²) in [7, 11) is 2.01. The summed E-state index contributed by atoms with van der Waals surface area (Å²) in [6.07, 6.45) is 6.84. The molecule has 0 saturated carbocycles. The maximum Gasteiger partial charge on any atom is 0.0412 e. The smallest absolute Gasteiger partial charge is 0.0412 e. The largest absolute Gasteiger partial charge is 0.371 e. The van der Waals surface area contributed by atoms with Gasteiger partial charge in [-0.1, -0.05) is 35.2 Å². The van der Waals surface area contributed by atoms with Gasteiger partial charge in [0.25, 0.3) is 0 Å². The number of nitrogens with one attached hydrogen (secondary N) is 1. The molecule has 3 heteroatoms. The van der Waals surface area contributed by atoms with Crippen molar-refractivity contribution < 1.29 is 0 Å². The lowest BCUT2D eigenvalue weighted by molar-refractivity contribution is 0.555. The number of hydrogen-bond acceptors (Lipinski definition) is 2. The zero-order chi connectivity index (χ0) is 12.8. The van der Waals surface area contributed by atoms with E-state index in [1.165, 1.54) is 60.9 Å². The number of hydrogen-bond donors (Lipinski definition) is 1.